The smallest absolute Gasteiger partial charge is 0.339 e. The van der Waals surface area contributed by atoms with E-state index in [1.54, 1.807) is 16.8 Å². The molecule has 0 aliphatic carbocycles. The SMILES string of the molecule is O=C(O)c1cnn(C2CCS(=O)(=O)C2)c1-c1ccccc1. The van der Waals surface area contributed by atoms with Crippen molar-refractivity contribution >= 4 is 15.8 Å². The van der Waals surface area contributed by atoms with E-state index in [2.05, 4.69) is 5.10 Å². The predicted molar refractivity (Wildman–Crippen MR) is 76.9 cm³/mol. The van der Waals surface area contributed by atoms with Crippen LogP contribution >= 0.6 is 0 Å². The molecule has 110 valence electrons. The largest absolute Gasteiger partial charge is 0.478 e. The Balaban J connectivity index is 2.12. The van der Waals surface area contributed by atoms with Gasteiger partial charge >= 0.3 is 5.97 Å². The summed E-state index contributed by atoms with van der Waals surface area (Å²) < 4.78 is 24.8. The highest BCUT2D eigenvalue weighted by molar-refractivity contribution is 7.91. The molecule has 1 aromatic carbocycles. The topological polar surface area (TPSA) is 89.3 Å². The molecule has 3 rings (SSSR count). The Kier molecular flexibility index (Phi) is 3.29. The number of carboxylic acids is 1. The van der Waals surface area contributed by atoms with Crippen LogP contribution in [0.1, 0.15) is 22.8 Å². The van der Waals surface area contributed by atoms with Gasteiger partial charge in [0.1, 0.15) is 5.56 Å². The molecule has 1 aliphatic heterocycles. The molecule has 6 nitrogen and oxygen atoms in total. The molecule has 1 unspecified atom stereocenters. The molecular formula is C14H14N2O4S. The van der Waals surface area contributed by atoms with Gasteiger partial charge in [-0.1, -0.05) is 30.3 Å². The van der Waals surface area contributed by atoms with Crippen molar-refractivity contribution in [1.82, 2.24) is 9.78 Å². The van der Waals surface area contributed by atoms with Crippen LogP contribution in [-0.4, -0.2) is 40.8 Å². The number of aromatic carboxylic acids is 1. The van der Waals surface area contributed by atoms with Crippen LogP contribution in [0.3, 0.4) is 0 Å². The minimum absolute atomic E-state index is 0.00751. The summed E-state index contributed by atoms with van der Waals surface area (Å²) in [6, 6.07) is 8.74. The summed E-state index contributed by atoms with van der Waals surface area (Å²) >= 11 is 0. The molecule has 0 saturated carbocycles. The lowest BCUT2D eigenvalue weighted by Gasteiger charge is -2.14. The summed E-state index contributed by atoms with van der Waals surface area (Å²) in [6.45, 7) is 0. The highest BCUT2D eigenvalue weighted by atomic mass is 32.2. The predicted octanol–water partition coefficient (Wildman–Crippen LogP) is 1.61. The van der Waals surface area contributed by atoms with Gasteiger partial charge in [0.05, 0.1) is 29.4 Å². The second-order valence-electron chi connectivity index (χ2n) is 5.08. The fourth-order valence-electron chi connectivity index (χ4n) is 2.65. The maximum Gasteiger partial charge on any atom is 0.339 e. The highest BCUT2D eigenvalue weighted by Crippen LogP contribution is 2.31. The molecule has 0 spiro atoms. The summed E-state index contributed by atoms with van der Waals surface area (Å²) in [6.07, 6.45) is 1.75. The first-order chi connectivity index (χ1) is 9.98. The van der Waals surface area contributed by atoms with Crippen LogP contribution in [0.25, 0.3) is 11.3 Å². The number of rotatable bonds is 3. The van der Waals surface area contributed by atoms with E-state index in [0.717, 1.165) is 5.56 Å². The van der Waals surface area contributed by atoms with Gasteiger partial charge < -0.3 is 5.11 Å². The first kappa shape index (κ1) is 13.8. The van der Waals surface area contributed by atoms with E-state index in [1.807, 2.05) is 18.2 Å². The molecule has 0 amide bonds. The number of aromatic nitrogens is 2. The number of hydrogen-bond donors (Lipinski definition) is 1. The van der Waals surface area contributed by atoms with Crippen LogP contribution in [0.2, 0.25) is 0 Å². The lowest BCUT2D eigenvalue weighted by molar-refractivity contribution is 0.0697. The molecule has 0 bridgehead atoms. The van der Waals surface area contributed by atoms with Gasteiger partial charge in [0.2, 0.25) is 0 Å². The second kappa shape index (κ2) is 5.00. The Morgan fingerprint density at radius 2 is 2.00 bits per heavy atom. The fraction of sp³-hybridized carbons (Fsp3) is 0.286. The van der Waals surface area contributed by atoms with Gasteiger partial charge in [-0.15, -0.1) is 0 Å². The van der Waals surface area contributed by atoms with Gasteiger partial charge in [-0.25, -0.2) is 13.2 Å². The Labute approximate surface area is 121 Å². The van der Waals surface area contributed by atoms with E-state index in [0.29, 0.717) is 12.1 Å². The number of benzene rings is 1. The van der Waals surface area contributed by atoms with Crippen LogP contribution in [-0.2, 0) is 9.84 Å². The maximum absolute atomic E-state index is 11.6. The van der Waals surface area contributed by atoms with Crippen molar-refractivity contribution in [2.24, 2.45) is 0 Å². The number of sulfone groups is 1. The van der Waals surface area contributed by atoms with Crippen molar-refractivity contribution < 1.29 is 18.3 Å². The second-order valence-corrected chi connectivity index (χ2v) is 7.31. The van der Waals surface area contributed by atoms with E-state index < -0.39 is 15.8 Å². The quantitative estimate of drug-likeness (QED) is 0.930. The number of hydrogen-bond acceptors (Lipinski definition) is 4. The first-order valence-electron chi connectivity index (χ1n) is 6.54. The lowest BCUT2D eigenvalue weighted by atomic mass is 10.1. The maximum atomic E-state index is 11.6. The molecule has 1 saturated heterocycles. The minimum Gasteiger partial charge on any atom is -0.478 e. The molecule has 1 aromatic heterocycles. The number of nitrogens with zero attached hydrogens (tertiary/aromatic N) is 2. The van der Waals surface area contributed by atoms with E-state index in [-0.39, 0.29) is 23.1 Å². The van der Waals surface area contributed by atoms with Crippen LogP contribution in [0.15, 0.2) is 36.5 Å². The van der Waals surface area contributed by atoms with Gasteiger partial charge in [-0.3, -0.25) is 4.68 Å². The lowest BCUT2D eigenvalue weighted by Crippen LogP contribution is -2.14. The van der Waals surface area contributed by atoms with E-state index >= 15 is 0 Å². The van der Waals surface area contributed by atoms with Crippen LogP contribution in [0.4, 0.5) is 0 Å². The Hall–Kier alpha value is -2.15. The zero-order chi connectivity index (χ0) is 15.0. The van der Waals surface area contributed by atoms with Crippen LogP contribution in [0, 0.1) is 0 Å². The molecule has 2 heterocycles. The summed E-state index contributed by atoms with van der Waals surface area (Å²) in [4.78, 5) is 11.4. The highest BCUT2D eigenvalue weighted by Gasteiger charge is 2.32. The molecule has 1 aliphatic rings. The molecule has 1 fully saturated rings. The van der Waals surface area contributed by atoms with Crippen molar-refractivity contribution in [3.05, 3.63) is 42.1 Å². The fourth-order valence-corrected chi connectivity index (χ4v) is 4.34. The van der Waals surface area contributed by atoms with Gasteiger partial charge in [0, 0.05) is 5.56 Å². The monoisotopic (exact) mass is 306 g/mol. The molecule has 21 heavy (non-hydrogen) atoms. The molecule has 2 aromatic rings. The zero-order valence-corrected chi connectivity index (χ0v) is 12.0. The molecule has 0 radical (unpaired) electrons. The van der Waals surface area contributed by atoms with Gasteiger partial charge in [0.25, 0.3) is 0 Å². The molecule has 7 heteroatoms. The van der Waals surface area contributed by atoms with E-state index in [4.69, 9.17) is 0 Å². The van der Waals surface area contributed by atoms with Crippen LogP contribution in [0.5, 0.6) is 0 Å². The molecule has 1 atom stereocenters. The van der Waals surface area contributed by atoms with Crippen molar-refractivity contribution in [1.29, 1.82) is 0 Å². The third kappa shape index (κ3) is 2.56. The normalized spacial score (nSPS) is 20.5. The summed E-state index contributed by atoms with van der Waals surface area (Å²) in [5.41, 5.74) is 1.27. The van der Waals surface area contributed by atoms with Gasteiger partial charge in [0.15, 0.2) is 9.84 Å². The minimum atomic E-state index is -3.06. The standard InChI is InChI=1S/C14H14N2O4S/c17-14(18)12-8-15-16(11-6-7-21(19,20)9-11)13(12)10-4-2-1-3-5-10/h1-5,8,11H,6-7,9H2,(H,17,18). The molecule has 1 N–H and O–H groups in total. The van der Waals surface area contributed by atoms with Crippen molar-refractivity contribution in [2.45, 2.75) is 12.5 Å². The Bertz CT molecular complexity index is 781. The van der Waals surface area contributed by atoms with Gasteiger partial charge in [-0.05, 0) is 6.42 Å². The van der Waals surface area contributed by atoms with Crippen molar-refractivity contribution in [2.75, 3.05) is 11.5 Å². The van der Waals surface area contributed by atoms with Gasteiger partial charge in [-0.2, -0.15) is 5.10 Å². The average Bonchev–Trinajstić information content (AvgIpc) is 3.02. The van der Waals surface area contributed by atoms with Crippen molar-refractivity contribution in [3.8, 4) is 11.3 Å². The first-order valence-corrected chi connectivity index (χ1v) is 8.37. The van der Waals surface area contributed by atoms with Crippen molar-refractivity contribution in [3.63, 3.8) is 0 Å². The van der Waals surface area contributed by atoms with E-state index in [1.165, 1.54) is 6.20 Å². The Morgan fingerprint density at radius 1 is 1.29 bits per heavy atom. The average molecular weight is 306 g/mol. The molecular weight excluding hydrogens is 292 g/mol. The third-order valence-corrected chi connectivity index (χ3v) is 5.38. The summed E-state index contributed by atoms with van der Waals surface area (Å²) in [5.74, 6) is -0.942. The third-order valence-electron chi connectivity index (χ3n) is 3.63. The summed E-state index contributed by atoms with van der Waals surface area (Å²) in [7, 11) is -3.06. The summed E-state index contributed by atoms with van der Waals surface area (Å²) in [5, 5.41) is 13.4. The van der Waals surface area contributed by atoms with E-state index in [9.17, 15) is 18.3 Å². The van der Waals surface area contributed by atoms with Crippen LogP contribution < -0.4 is 0 Å². The number of carbonyl (C=O) groups is 1. The number of carboxylic acid groups (broad SMARTS) is 1. The Morgan fingerprint density at radius 3 is 2.57 bits per heavy atom. The zero-order valence-electron chi connectivity index (χ0n) is 11.1.